The number of likely N-dealkylation sites (tertiary alicyclic amines) is 1. The van der Waals surface area contributed by atoms with E-state index in [9.17, 15) is 14.0 Å². The summed E-state index contributed by atoms with van der Waals surface area (Å²) in [6.45, 7) is 3.91. The van der Waals surface area contributed by atoms with Gasteiger partial charge in [0.1, 0.15) is 18.2 Å². The molecule has 0 radical (unpaired) electrons. The molecule has 28 heavy (non-hydrogen) atoms. The van der Waals surface area contributed by atoms with Crippen LogP contribution in [0.2, 0.25) is 0 Å². The van der Waals surface area contributed by atoms with Crippen molar-refractivity contribution in [3.63, 3.8) is 0 Å². The zero-order valence-electron chi connectivity index (χ0n) is 16.0. The second-order valence-corrected chi connectivity index (χ2v) is 7.03. The molecular formula is C22H25FN2O3. The molecule has 0 spiro atoms. The Morgan fingerprint density at radius 3 is 2.54 bits per heavy atom. The summed E-state index contributed by atoms with van der Waals surface area (Å²) in [5.74, 6) is 0.212. The first-order chi connectivity index (χ1) is 13.5. The van der Waals surface area contributed by atoms with E-state index in [2.05, 4.69) is 5.32 Å². The number of benzene rings is 2. The summed E-state index contributed by atoms with van der Waals surface area (Å²) in [5.41, 5.74) is 1.60. The van der Waals surface area contributed by atoms with Crippen LogP contribution in [0.1, 0.15) is 28.8 Å². The first-order valence-electron chi connectivity index (χ1n) is 9.55. The molecule has 3 rings (SSSR count). The Bertz CT molecular complexity index is 815. The van der Waals surface area contributed by atoms with Crippen LogP contribution in [0.4, 0.5) is 4.39 Å². The van der Waals surface area contributed by atoms with Gasteiger partial charge in [-0.2, -0.15) is 0 Å². The number of carbonyl (C=O) groups excluding carboxylic acids is 2. The Labute approximate surface area is 164 Å². The molecule has 0 unspecified atom stereocenters. The number of rotatable bonds is 6. The molecule has 1 N–H and O–H groups in total. The smallest absolute Gasteiger partial charge is 0.253 e. The molecule has 148 valence electrons. The predicted octanol–water partition coefficient (Wildman–Crippen LogP) is 3.18. The summed E-state index contributed by atoms with van der Waals surface area (Å²) >= 11 is 0. The van der Waals surface area contributed by atoms with Crippen molar-refractivity contribution >= 4 is 11.8 Å². The number of hydrogen-bond donors (Lipinski definition) is 1. The van der Waals surface area contributed by atoms with Crippen LogP contribution in [0.3, 0.4) is 0 Å². The minimum atomic E-state index is -0.363. The molecule has 2 aromatic rings. The number of amides is 2. The summed E-state index contributed by atoms with van der Waals surface area (Å²) in [7, 11) is 0. The standard InChI is InChI=1S/C22H25FN2O3/c1-16-3-2-4-20(15-16)28-14-11-24-21(26)17-9-12-25(13-10-17)22(27)18-5-7-19(23)8-6-18/h2-8,15,17H,9-14H2,1H3,(H,24,26). The Balaban J connectivity index is 1.38. The summed E-state index contributed by atoms with van der Waals surface area (Å²) in [6, 6.07) is 13.3. The minimum absolute atomic E-state index is 0.00160. The van der Waals surface area contributed by atoms with Crippen molar-refractivity contribution in [3.8, 4) is 5.75 Å². The van der Waals surface area contributed by atoms with Crippen molar-refractivity contribution in [2.45, 2.75) is 19.8 Å². The predicted molar refractivity (Wildman–Crippen MR) is 105 cm³/mol. The molecule has 1 aliphatic rings. The van der Waals surface area contributed by atoms with E-state index in [1.54, 1.807) is 4.90 Å². The highest BCUT2D eigenvalue weighted by molar-refractivity contribution is 5.94. The molecule has 1 aliphatic heterocycles. The van der Waals surface area contributed by atoms with Crippen molar-refractivity contribution in [1.29, 1.82) is 0 Å². The average molecular weight is 384 g/mol. The van der Waals surface area contributed by atoms with Gasteiger partial charge in [-0.1, -0.05) is 12.1 Å². The van der Waals surface area contributed by atoms with Crippen LogP contribution in [0.5, 0.6) is 5.75 Å². The van der Waals surface area contributed by atoms with Crippen LogP contribution in [0, 0.1) is 18.7 Å². The monoisotopic (exact) mass is 384 g/mol. The molecule has 1 saturated heterocycles. The highest BCUT2D eigenvalue weighted by Crippen LogP contribution is 2.19. The molecule has 0 aromatic heterocycles. The van der Waals surface area contributed by atoms with Crippen molar-refractivity contribution in [2.75, 3.05) is 26.2 Å². The van der Waals surface area contributed by atoms with Crippen molar-refractivity contribution < 1.29 is 18.7 Å². The van der Waals surface area contributed by atoms with Crippen LogP contribution in [-0.2, 0) is 4.79 Å². The van der Waals surface area contributed by atoms with Gasteiger partial charge in [-0.3, -0.25) is 9.59 Å². The van der Waals surface area contributed by atoms with E-state index < -0.39 is 0 Å². The third-order valence-corrected chi connectivity index (χ3v) is 4.90. The number of nitrogens with one attached hydrogen (secondary N) is 1. The molecule has 2 aromatic carbocycles. The average Bonchev–Trinajstić information content (AvgIpc) is 2.71. The molecular weight excluding hydrogens is 359 g/mol. The maximum Gasteiger partial charge on any atom is 0.253 e. The molecule has 1 heterocycles. The van der Waals surface area contributed by atoms with E-state index >= 15 is 0 Å². The summed E-state index contributed by atoms with van der Waals surface area (Å²) in [4.78, 5) is 26.5. The number of halogens is 1. The normalized spacial score (nSPS) is 14.6. The Hall–Kier alpha value is -2.89. The van der Waals surface area contributed by atoms with Gasteiger partial charge < -0.3 is 15.0 Å². The van der Waals surface area contributed by atoms with Crippen LogP contribution >= 0.6 is 0 Å². The van der Waals surface area contributed by atoms with Crippen LogP contribution in [-0.4, -0.2) is 43.0 Å². The lowest BCUT2D eigenvalue weighted by Gasteiger charge is -2.31. The van der Waals surface area contributed by atoms with E-state index in [0.29, 0.717) is 44.6 Å². The second-order valence-electron chi connectivity index (χ2n) is 7.03. The highest BCUT2D eigenvalue weighted by Gasteiger charge is 2.27. The molecule has 0 atom stereocenters. The first kappa shape index (κ1) is 19.9. The number of ether oxygens (including phenoxy) is 1. The fraction of sp³-hybridized carbons (Fsp3) is 0.364. The zero-order valence-corrected chi connectivity index (χ0v) is 16.0. The van der Waals surface area contributed by atoms with Gasteiger partial charge in [-0.25, -0.2) is 4.39 Å². The van der Waals surface area contributed by atoms with Gasteiger partial charge in [0.05, 0.1) is 6.54 Å². The number of nitrogens with zero attached hydrogens (tertiary/aromatic N) is 1. The summed E-state index contributed by atoms with van der Waals surface area (Å²) < 4.78 is 18.6. The van der Waals surface area contributed by atoms with E-state index in [-0.39, 0.29) is 23.5 Å². The lowest BCUT2D eigenvalue weighted by atomic mass is 9.95. The van der Waals surface area contributed by atoms with Crippen LogP contribution in [0.15, 0.2) is 48.5 Å². The third kappa shape index (κ3) is 5.31. The second kappa shape index (κ2) is 9.35. The van der Waals surface area contributed by atoms with Gasteiger partial charge in [0.15, 0.2) is 0 Å². The van der Waals surface area contributed by atoms with Gasteiger partial charge in [-0.15, -0.1) is 0 Å². The van der Waals surface area contributed by atoms with E-state index in [1.807, 2.05) is 31.2 Å². The van der Waals surface area contributed by atoms with Gasteiger partial charge in [0.25, 0.3) is 5.91 Å². The Morgan fingerprint density at radius 1 is 1.14 bits per heavy atom. The van der Waals surface area contributed by atoms with Gasteiger partial charge in [0.2, 0.25) is 5.91 Å². The zero-order chi connectivity index (χ0) is 19.9. The molecule has 0 aliphatic carbocycles. The number of aryl methyl sites for hydroxylation is 1. The van der Waals surface area contributed by atoms with Gasteiger partial charge >= 0.3 is 0 Å². The third-order valence-electron chi connectivity index (χ3n) is 4.90. The number of piperidine rings is 1. The lowest BCUT2D eigenvalue weighted by molar-refractivity contribution is -0.126. The topological polar surface area (TPSA) is 58.6 Å². The maximum absolute atomic E-state index is 13.0. The fourth-order valence-electron chi connectivity index (χ4n) is 3.31. The summed E-state index contributed by atoms with van der Waals surface area (Å²) in [5, 5.41) is 2.91. The van der Waals surface area contributed by atoms with Crippen molar-refractivity contribution in [3.05, 3.63) is 65.5 Å². The molecule has 6 heteroatoms. The van der Waals surface area contributed by atoms with E-state index in [0.717, 1.165) is 11.3 Å². The fourth-order valence-corrected chi connectivity index (χ4v) is 3.31. The molecule has 1 fully saturated rings. The van der Waals surface area contributed by atoms with Gasteiger partial charge in [-0.05, 0) is 61.7 Å². The molecule has 0 bridgehead atoms. The quantitative estimate of drug-likeness (QED) is 0.779. The molecule has 0 saturated carbocycles. The maximum atomic E-state index is 13.0. The van der Waals surface area contributed by atoms with E-state index in [1.165, 1.54) is 24.3 Å². The number of carbonyl (C=O) groups is 2. The summed E-state index contributed by atoms with van der Waals surface area (Å²) in [6.07, 6.45) is 1.25. The largest absolute Gasteiger partial charge is 0.492 e. The Morgan fingerprint density at radius 2 is 1.86 bits per heavy atom. The first-order valence-corrected chi connectivity index (χ1v) is 9.55. The van der Waals surface area contributed by atoms with E-state index in [4.69, 9.17) is 4.74 Å². The van der Waals surface area contributed by atoms with Gasteiger partial charge in [0, 0.05) is 24.6 Å². The lowest BCUT2D eigenvalue weighted by Crippen LogP contribution is -2.43. The number of hydrogen-bond acceptors (Lipinski definition) is 3. The van der Waals surface area contributed by atoms with Crippen LogP contribution < -0.4 is 10.1 Å². The minimum Gasteiger partial charge on any atom is -0.492 e. The van der Waals surface area contributed by atoms with Crippen molar-refractivity contribution in [1.82, 2.24) is 10.2 Å². The molecule has 5 nitrogen and oxygen atoms in total. The van der Waals surface area contributed by atoms with Crippen LogP contribution in [0.25, 0.3) is 0 Å². The highest BCUT2D eigenvalue weighted by atomic mass is 19.1. The molecule has 2 amide bonds. The Kier molecular flexibility index (Phi) is 6.63. The SMILES string of the molecule is Cc1cccc(OCCNC(=O)C2CCN(C(=O)c3ccc(F)cc3)CC2)c1. The van der Waals surface area contributed by atoms with Crippen molar-refractivity contribution in [2.24, 2.45) is 5.92 Å².